The molecular formula is C15H16ClNO3S2. The number of hydrogen-bond acceptors (Lipinski definition) is 5. The molecule has 1 amide bonds. The smallest absolute Gasteiger partial charge is 0.234 e. The zero-order valence-corrected chi connectivity index (χ0v) is 14.6. The van der Waals surface area contributed by atoms with Crippen LogP contribution in [-0.2, 0) is 10.5 Å². The molecule has 1 N–H and O–H groups in total. The Labute approximate surface area is 142 Å². The van der Waals surface area contributed by atoms with E-state index in [1.165, 1.54) is 11.3 Å². The van der Waals surface area contributed by atoms with Crippen LogP contribution in [0.25, 0.3) is 0 Å². The van der Waals surface area contributed by atoms with E-state index in [-0.39, 0.29) is 5.91 Å². The van der Waals surface area contributed by atoms with Crippen LogP contribution in [0.4, 0.5) is 5.69 Å². The Balaban J connectivity index is 1.86. The Morgan fingerprint density at radius 1 is 1.27 bits per heavy atom. The van der Waals surface area contributed by atoms with Crippen LogP contribution >= 0.6 is 34.7 Å². The average molecular weight is 358 g/mol. The second-order valence-corrected chi connectivity index (χ2v) is 7.10. The van der Waals surface area contributed by atoms with Gasteiger partial charge in [-0.3, -0.25) is 4.79 Å². The molecule has 0 atom stereocenters. The number of thioether (sulfide) groups is 1. The number of methoxy groups -OCH3 is 2. The lowest BCUT2D eigenvalue weighted by atomic mass is 10.2. The molecular weight excluding hydrogens is 342 g/mol. The van der Waals surface area contributed by atoms with Gasteiger partial charge in [0.2, 0.25) is 5.91 Å². The van der Waals surface area contributed by atoms with Crippen LogP contribution in [0.15, 0.2) is 30.3 Å². The first-order valence-electron chi connectivity index (χ1n) is 6.46. The molecule has 2 rings (SSSR count). The van der Waals surface area contributed by atoms with Gasteiger partial charge in [0.25, 0.3) is 0 Å². The topological polar surface area (TPSA) is 47.6 Å². The van der Waals surface area contributed by atoms with Gasteiger partial charge in [-0.1, -0.05) is 11.6 Å². The van der Waals surface area contributed by atoms with Gasteiger partial charge in [0.05, 0.1) is 30.0 Å². The van der Waals surface area contributed by atoms with Crippen LogP contribution in [0, 0.1) is 0 Å². The van der Waals surface area contributed by atoms with E-state index in [0.717, 1.165) is 15.0 Å². The minimum atomic E-state index is -0.0730. The van der Waals surface area contributed by atoms with Crippen molar-refractivity contribution in [1.29, 1.82) is 0 Å². The first-order valence-corrected chi connectivity index (χ1v) is 8.81. The predicted octanol–water partition coefficient (Wildman–Crippen LogP) is 4.29. The van der Waals surface area contributed by atoms with Crippen LogP contribution in [0.2, 0.25) is 4.34 Å². The van der Waals surface area contributed by atoms with Gasteiger partial charge in [0, 0.05) is 16.7 Å². The molecule has 2 aromatic rings. The van der Waals surface area contributed by atoms with Gasteiger partial charge in [-0.2, -0.15) is 0 Å². The number of carbonyl (C=O) groups is 1. The van der Waals surface area contributed by atoms with Crippen molar-refractivity contribution in [3.8, 4) is 11.5 Å². The van der Waals surface area contributed by atoms with Crippen molar-refractivity contribution in [1.82, 2.24) is 0 Å². The summed E-state index contributed by atoms with van der Waals surface area (Å²) in [4.78, 5) is 13.1. The summed E-state index contributed by atoms with van der Waals surface area (Å²) in [6.07, 6.45) is 0. The Hall–Kier alpha value is -1.37. The molecule has 1 aromatic carbocycles. The van der Waals surface area contributed by atoms with E-state index in [9.17, 15) is 4.79 Å². The molecule has 7 heteroatoms. The quantitative estimate of drug-likeness (QED) is 0.803. The monoisotopic (exact) mass is 357 g/mol. The van der Waals surface area contributed by atoms with Crippen molar-refractivity contribution in [2.24, 2.45) is 0 Å². The fourth-order valence-electron chi connectivity index (χ4n) is 1.76. The number of anilines is 1. The summed E-state index contributed by atoms with van der Waals surface area (Å²) in [6, 6.07) is 9.11. The van der Waals surface area contributed by atoms with Gasteiger partial charge >= 0.3 is 0 Å². The molecule has 4 nitrogen and oxygen atoms in total. The lowest BCUT2D eigenvalue weighted by Crippen LogP contribution is -2.14. The number of benzene rings is 1. The minimum absolute atomic E-state index is 0.0730. The Morgan fingerprint density at radius 2 is 2.09 bits per heavy atom. The van der Waals surface area contributed by atoms with Gasteiger partial charge < -0.3 is 14.8 Å². The van der Waals surface area contributed by atoms with E-state index in [4.69, 9.17) is 21.1 Å². The predicted molar refractivity (Wildman–Crippen MR) is 93.7 cm³/mol. The maximum absolute atomic E-state index is 12.0. The highest BCUT2D eigenvalue weighted by atomic mass is 35.5. The standard InChI is InChI=1S/C15H16ClNO3S2/c1-19-10-3-5-12(13(7-10)20-2)17-15(18)9-21-8-11-4-6-14(16)22-11/h3-7H,8-9H2,1-2H3,(H,17,18). The summed E-state index contributed by atoms with van der Waals surface area (Å²) in [6.45, 7) is 0. The average Bonchev–Trinajstić information content (AvgIpc) is 2.93. The highest BCUT2D eigenvalue weighted by Gasteiger charge is 2.09. The third kappa shape index (κ3) is 4.83. The maximum atomic E-state index is 12.0. The minimum Gasteiger partial charge on any atom is -0.497 e. The molecule has 0 fully saturated rings. The van der Waals surface area contributed by atoms with Crippen molar-refractivity contribution in [3.05, 3.63) is 39.5 Å². The molecule has 0 spiro atoms. The SMILES string of the molecule is COc1ccc(NC(=O)CSCc2ccc(Cl)s2)c(OC)c1. The maximum Gasteiger partial charge on any atom is 0.234 e. The van der Waals surface area contributed by atoms with Crippen LogP contribution in [0.5, 0.6) is 11.5 Å². The van der Waals surface area contributed by atoms with E-state index in [0.29, 0.717) is 22.9 Å². The number of amides is 1. The second-order valence-electron chi connectivity index (χ2n) is 4.31. The van der Waals surface area contributed by atoms with Gasteiger partial charge in [0.15, 0.2) is 0 Å². The first-order chi connectivity index (χ1) is 10.6. The van der Waals surface area contributed by atoms with Gasteiger partial charge in [-0.25, -0.2) is 0 Å². The summed E-state index contributed by atoms with van der Waals surface area (Å²) in [7, 11) is 3.14. The number of thiophene rings is 1. The van der Waals surface area contributed by atoms with Gasteiger partial charge in [-0.05, 0) is 24.3 Å². The highest BCUT2D eigenvalue weighted by Crippen LogP contribution is 2.29. The Kier molecular flexibility index (Phi) is 6.42. The van der Waals surface area contributed by atoms with Crippen molar-refractivity contribution in [3.63, 3.8) is 0 Å². The molecule has 0 radical (unpaired) electrons. The molecule has 0 saturated carbocycles. The third-order valence-electron chi connectivity index (χ3n) is 2.79. The van der Waals surface area contributed by atoms with Crippen LogP contribution in [-0.4, -0.2) is 25.9 Å². The fraction of sp³-hybridized carbons (Fsp3) is 0.267. The molecule has 0 saturated heterocycles. The normalized spacial score (nSPS) is 10.3. The van der Waals surface area contributed by atoms with Crippen molar-refractivity contribution in [2.75, 3.05) is 25.3 Å². The zero-order chi connectivity index (χ0) is 15.9. The summed E-state index contributed by atoms with van der Waals surface area (Å²) in [5.74, 6) is 2.31. The lowest BCUT2D eigenvalue weighted by Gasteiger charge is -2.11. The number of rotatable bonds is 7. The summed E-state index contributed by atoms with van der Waals surface area (Å²) >= 11 is 8.95. The molecule has 0 aliphatic carbocycles. The van der Waals surface area contributed by atoms with Crippen LogP contribution in [0.1, 0.15) is 4.88 Å². The van der Waals surface area contributed by atoms with E-state index in [1.807, 2.05) is 12.1 Å². The van der Waals surface area contributed by atoms with Crippen molar-refractivity contribution in [2.45, 2.75) is 5.75 Å². The van der Waals surface area contributed by atoms with E-state index in [1.54, 1.807) is 44.2 Å². The second kappa shape index (κ2) is 8.31. The summed E-state index contributed by atoms with van der Waals surface area (Å²) in [5, 5.41) is 2.84. The molecule has 22 heavy (non-hydrogen) atoms. The van der Waals surface area contributed by atoms with Gasteiger partial charge in [0.1, 0.15) is 11.5 Å². The van der Waals surface area contributed by atoms with E-state index in [2.05, 4.69) is 5.32 Å². The van der Waals surface area contributed by atoms with E-state index >= 15 is 0 Å². The Morgan fingerprint density at radius 3 is 2.73 bits per heavy atom. The van der Waals surface area contributed by atoms with Crippen molar-refractivity contribution < 1.29 is 14.3 Å². The molecule has 0 aliphatic heterocycles. The number of nitrogens with one attached hydrogen (secondary N) is 1. The van der Waals surface area contributed by atoms with Gasteiger partial charge in [-0.15, -0.1) is 23.1 Å². The molecule has 1 heterocycles. The molecule has 1 aromatic heterocycles. The summed E-state index contributed by atoms with van der Waals surface area (Å²) in [5.41, 5.74) is 0.632. The lowest BCUT2D eigenvalue weighted by molar-refractivity contribution is -0.113. The third-order valence-corrected chi connectivity index (χ3v) is 5.18. The van der Waals surface area contributed by atoms with Crippen LogP contribution in [0.3, 0.4) is 0 Å². The Bertz CT molecular complexity index is 645. The number of hydrogen-bond donors (Lipinski definition) is 1. The summed E-state index contributed by atoms with van der Waals surface area (Å²) < 4.78 is 11.1. The number of ether oxygens (including phenoxy) is 2. The van der Waals surface area contributed by atoms with Crippen molar-refractivity contribution >= 4 is 46.3 Å². The van der Waals surface area contributed by atoms with Crippen LogP contribution < -0.4 is 14.8 Å². The number of halogens is 1. The van der Waals surface area contributed by atoms with E-state index < -0.39 is 0 Å². The largest absolute Gasteiger partial charge is 0.497 e. The molecule has 0 aliphatic rings. The number of carbonyl (C=O) groups excluding carboxylic acids is 1. The zero-order valence-electron chi connectivity index (χ0n) is 12.2. The molecule has 0 bridgehead atoms. The molecule has 0 unspecified atom stereocenters. The first kappa shape index (κ1) is 17.0. The highest BCUT2D eigenvalue weighted by molar-refractivity contribution is 7.99. The molecule has 118 valence electrons. The fourth-order valence-corrected chi connectivity index (χ4v) is 3.79.